The van der Waals surface area contributed by atoms with Gasteiger partial charge in [-0.15, -0.1) is 0 Å². The van der Waals surface area contributed by atoms with Crippen LogP contribution in [-0.4, -0.2) is 35.9 Å². The second kappa shape index (κ2) is 4.20. The van der Waals surface area contributed by atoms with Crippen LogP contribution in [0, 0.1) is 5.53 Å². The predicted molar refractivity (Wildman–Crippen MR) is 41.4 cm³/mol. The molecule has 0 bridgehead atoms. The Balaban J connectivity index is 2.38. The van der Waals surface area contributed by atoms with E-state index in [2.05, 4.69) is 5.11 Å². The minimum atomic E-state index is -0.390. The van der Waals surface area contributed by atoms with Gasteiger partial charge in [-0.1, -0.05) is 12.2 Å². The van der Waals surface area contributed by atoms with Crippen LogP contribution in [0.3, 0.4) is 0 Å². The first-order valence-electron chi connectivity index (χ1n) is 3.73. The van der Waals surface area contributed by atoms with Crippen molar-refractivity contribution in [3.63, 3.8) is 0 Å². The van der Waals surface area contributed by atoms with Crippen LogP contribution in [0.5, 0.6) is 0 Å². The van der Waals surface area contributed by atoms with Gasteiger partial charge in [-0.3, -0.25) is 4.90 Å². The van der Waals surface area contributed by atoms with Gasteiger partial charge in [0.2, 0.25) is 0 Å². The number of β-amino-alcohol motifs (C(OH)–C–C–N with tert-alkyl or cyclic N) is 1. The van der Waals surface area contributed by atoms with Gasteiger partial charge in [-0.05, 0) is 6.42 Å². The second-order valence-electron chi connectivity index (χ2n) is 2.66. The summed E-state index contributed by atoms with van der Waals surface area (Å²) in [6, 6.07) is 0. The molecule has 0 aromatic rings. The Morgan fingerprint density at radius 1 is 1.73 bits per heavy atom. The van der Waals surface area contributed by atoms with E-state index in [1.807, 2.05) is 11.0 Å². The summed E-state index contributed by atoms with van der Waals surface area (Å²) in [6.07, 6.45) is 4.31. The number of hydrogen-bond acceptors (Lipinski definition) is 4. The number of aliphatic hydroxyl groups is 1. The van der Waals surface area contributed by atoms with Gasteiger partial charge < -0.3 is 5.11 Å². The van der Waals surface area contributed by atoms with Crippen molar-refractivity contribution >= 4 is 0 Å². The molecule has 1 heterocycles. The van der Waals surface area contributed by atoms with E-state index in [4.69, 9.17) is 5.53 Å². The highest BCUT2D eigenvalue weighted by Gasteiger charge is 2.10. The standard InChI is InChI=1S/C7H13N3O/c8-9-6-10-4-2-1-3-7(11)5-10/h1,3,7-8,11H,2,4-6H2. The van der Waals surface area contributed by atoms with E-state index >= 15 is 0 Å². The fraction of sp³-hybridized carbons (Fsp3) is 0.714. The summed E-state index contributed by atoms with van der Waals surface area (Å²) in [5, 5.41) is 12.5. The molecule has 1 aliphatic rings. The molecule has 1 rings (SSSR count). The maximum Gasteiger partial charge on any atom is 0.112 e. The second-order valence-corrected chi connectivity index (χ2v) is 2.66. The van der Waals surface area contributed by atoms with E-state index in [1.165, 1.54) is 0 Å². The fourth-order valence-corrected chi connectivity index (χ4v) is 1.16. The highest BCUT2D eigenvalue weighted by molar-refractivity contribution is 4.93. The van der Waals surface area contributed by atoms with Gasteiger partial charge in [-0.2, -0.15) is 5.11 Å². The van der Waals surface area contributed by atoms with E-state index in [1.54, 1.807) is 6.08 Å². The summed E-state index contributed by atoms with van der Waals surface area (Å²) in [5.41, 5.74) is 6.66. The van der Waals surface area contributed by atoms with Gasteiger partial charge in [0.05, 0.1) is 6.10 Å². The van der Waals surface area contributed by atoms with E-state index in [0.717, 1.165) is 13.0 Å². The van der Waals surface area contributed by atoms with Crippen LogP contribution in [-0.2, 0) is 0 Å². The SMILES string of the molecule is N=NCN1CCC=CC(O)C1. The van der Waals surface area contributed by atoms with Crippen molar-refractivity contribution in [2.45, 2.75) is 12.5 Å². The molecule has 4 nitrogen and oxygen atoms in total. The zero-order chi connectivity index (χ0) is 8.10. The number of nitrogens with zero attached hydrogens (tertiary/aromatic N) is 2. The van der Waals surface area contributed by atoms with Crippen LogP contribution in [0.4, 0.5) is 0 Å². The normalized spacial score (nSPS) is 26.5. The Hall–Kier alpha value is -0.740. The van der Waals surface area contributed by atoms with Crippen molar-refractivity contribution in [3.8, 4) is 0 Å². The molecule has 0 aromatic heterocycles. The van der Waals surface area contributed by atoms with Gasteiger partial charge in [-0.25, -0.2) is 5.53 Å². The summed E-state index contributed by atoms with van der Waals surface area (Å²) in [7, 11) is 0. The Kier molecular flexibility index (Phi) is 3.19. The lowest BCUT2D eigenvalue weighted by molar-refractivity contribution is 0.153. The van der Waals surface area contributed by atoms with Crippen LogP contribution in [0.25, 0.3) is 0 Å². The molecule has 0 saturated heterocycles. The first-order valence-corrected chi connectivity index (χ1v) is 3.73. The molecule has 1 atom stereocenters. The number of hydrogen-bond donors (Lipinski definition) is 2. The monoisotopic (exact) mass is 155 g/mol. The van der Waals surface area contributed by atoms with Gasteiger partial charge in [0.1, 0.15) is 6.67 Å². The molecule has 0 aliphatic carbocycles. The third-order valence-corrected chi connectivity index (χ3v) is 1.69. The minimum absolute atomic E-state index is 0.390. The molecule has 1 unspecified atom stereocenters. The lowest BCUT2D eigenvalue weighted by Crippen LogP contribution is -2.30. The summed E-state index contributed by atoms with van der Waals surface area (Å²) < 4.78 is 0. The topological polar surface area (TPSA) is 59.7 Å². The molecule has 0 radical (unpaired) electrons. The highest BCUT2D eigenvalue weighted by Crippen LogP contribution is 2.02. The van der Waals surface area contributed by atoms with Crippen molar-refractivity contribution in [2.75, 3.05) is 19.8 Å². The minimum Gasteiger partial charge on any atom is -0.388 e. The average Bonchev–Trinajstić information content (AvgIpc) is 2.15. The maximum absolute atomic E-state index is 9.25. The lowest BCUT2D eigenvalue weighted by atomic mass is 10.3. The molecular weight excluding hydrogens is 142 g/mol. The van der Waals surface area contributed by atoms with Crippen molar-refractivity contribution in [2.24, 2.45) is 5.11 Å². The molecular formula is C7H13N3O. The zero-order valence-corrected chi connectivity index (χ0v) is 6.40. The Labute approximate surface area is 66.0 Å². The van der Waals surface area contributed by atoms with Crippen LogP contribution in [0.2, 0.25) is 0 Å². The molecule has 0 saturated carbocycles. The van der Waals surface area contributed by atoms with Crippen molar-refractivity contribution in [3.05, 3.63) is 12.2 Å². The van der Waals surface area contributed by atoms with Crippen LogP contribution < -0.4 is 0 Å². The Bertz CT molecular complexity index is 158. The summed E-state index contributed by atoms with van der Waals surface area (Å²) in [5.74, 6) is 0. The summed E-state index contributed by atoms with van der Waals surface area (Å²) in [6.45, 7) is 1.88. The van der Waals surface area contributed by atoms with E-state index < -0.39 is 0 Å². The highest BCUT2D eigenvalue weighted by atomic mass is 16.3. The molecule has 1 aliphatic heterocycles. The number of rotatable bonds is 2. The third-order valence-electron chi connectivity index (χ3n) is 1.69. The Morgan fingerprint density at radius 3 is 3.27 bits per heavy atom. The quantitative estimate of drug-likeness (QED) is 0.453. The third kappa shape index (κ3) is 2.78. The Morgan fingerprint density at radius 2 is 2.55 bits per heavy atom. The van der Waals surface area contributed by atoms with Crippen molar-refractivity contribution in [1.29, 1.82) is 5.53 Å². The molecule has 0 spiro atoms. The molecule has 0 aromatic carbocycles. The van der Waals surface area contributed by atoms with Gasteiger partial charge in [0.25, 0.3) is 0 Å². The largest absolute Gasteiger partial charge is 0.388 e. The van der Waals surface area contributed by atoms with Crippen LogP contribution in [0.15, 0.2) is 17.3 Å². The molecule has 0 amide bonds. The number of aliphatic hydroxyl groups excluding tert-OH is 1. The van der Waals surface area contributed by atoms with Crippen LogP contribution >= 0.6 is 0 Å². The first kappa shape index (κ1) is 8.36. The predicted octanol–water partition coefficient (Wildman–Crippen LogP) is 0.598. The smallest absolute Gasteiger partial charge is 0.112 e. The van der Waals surface area contributed by atoms with E-state index in [-0.39, 0.29) is 6.10 Å². The maximum atomic E-state index is 9.25. The number of nitrogens with one attached hydrogen (secondary N) is 1. The molecule has 11 heavy (non-hydrogen) atoms. The average molecular weight is 155 g/mol. The van der Waals surface area contributed by atoms with Gasteiger partial charge in [0, 0.05) is 13.1 Å². The molecule has 0 fully saturated rings. The summed E-state index contributed by atoms with van der Waals surface area (Å²) in [4.78, 5) is 1.96. The molecule has 4 heteroatoms. The van der Waals surface area contributed by atoms with Gasteiger partial charge in [0.15, 0.2) is 0 Å². The van der Waals surface area contributed by atoms with E-state index in [0.29, 0.717) is 13.2 Å². The van der Waals surface area contributed by atoms with Crippen molar-refractivity contribution in [1.82, 2.24) is 4.90 Å². The van der Waals surface area contributed by atoms with Crippen molar-refractivity contribution < 1.29 is 5.11 Å². The van der Waals surface area contributed by atoms with Gasteiger partial charge >= 0.3 is 0 Å². The first-order chi connectivity index (χ1) is 5.33. The zero-order valence-electron chi connectivity index (χ0n) is 6.40. The lowest BCUT2D eigenvalue weighted by Gasteiger charge is -2.17. The molecule has 2 N–H and O–H groups in total. The summed E-state index contributed by atoms with van der Waals surface area (Å²) >= 11 is 0. The fourth-order valence-electron chi connectivity index (χ4n) is 1.16. The van der Waals surface area contributed by atoms with E-state index in [9.17, 15) is 5.11 Å². The van der Waals surface area contributed by atoms with Crippen LogP contribution in [0.1, 0.15) is 6.42 Å². The molecule has 62 valence electrons.